The lowest BCUT2D eigenvalue weighted by atomic mass is 10.3. The second kappa shape index (κ2) is 5.95. The molecule has 0 aliphatic carbocycles. The Balaban J connectivity index is 2.48. The Morgan fingerprint density at radius 3 is 2.29 bits per heavy atom. The van der Waals surface area contributed by atoms with E-state index < -0.39 is 0 Å². The average Bonchev–Trinajstić information content (AvgIpc) is 2.76. The smallest absolute Gasteiger partial charge is 0.287 e. The molecule has 2 heterocycles. The van der Waals surface area contributed by atoms with Gasteiger partial charge >= 0.3 is 0 Å². The van der Waals surface area contributed by atoms with Crippen molar-refractivity contribution in [1.29, 1.82) is 0 Å². The quantitative estimate of drug-likeness (QED) is 0.897. The molecule has 0 aromatic carbocycles. The van der Waals surface area contributed by atoms with Gasteiger partial charge in [-0.3, -0.25) is 14.0 Å². The van der Waals surface area contributed by atoms with Crippen LogP contribution in [0.3, 0.4) is 0 Å². The van der Waals surface area contributed by atoms with Crippen molar-refractivity contribution in [3.05, 3.63) is 35.9 Å². The van der Waals surface area contributed by atoms with Gasteiger partial charge in [0, 0.05) is 18.3 Å². The van der Waals surface area contributed by atoms with Gasteiger partial charge in [0.25, 0.3) is 11.8 Å². The minimum Gasteiger partial charge on any atom is -0.348 e. The lowest BCUT2D eigenvalue weighted by Crippen LogP contribution is -2.32. The molecule has 0 bridgehead atoms. The molecule has 0 aliphatic heterocycles. The van der Waals surface area contributed by atoms with Crippen molar-refractivity contribution < 1.29 is 9.59 Å². The maximum atomic E-state index is 12.2. The van der Waals surface area contributed by atoms with E-state index in [0.717, 1.165) is 0 Å². The van der Waals surface area contributed by atoms with E-state index >= 15 is 0 Å². The predicted octanol–water partition coefficient (Wildman–Crippen LogP) is 1.61. The second-order valence-electron chi connectivity index (χ2n) is 5.50. The summed E-state index contributed by atoms with van der Waals surface area (Å²) in [6, 6.07) is 5.39. The summed E-state index contributed by atoms with van der Waals surface area (Å²) in [7, 11) is 0. The summed E-state index contributed by atoms with van der Waals surface area (Å²) >= 11 is 0. The van der Waals surface area contributed by atoms with Crippen molar-refractivity contribution in [1.82, 2.24) is 20.0 Å². The molecule has 0 radical (unpaired) electrons. The number of nitrogens with zero attached hydrogens (tertiary/aromatic N) is 2. The number of hydrogen-bond donors (Lipinski definition) is 2. The SMILES string of the molecule is CC(C)NC(=O)c1nc(C(=O)NC(C)C)n2ccccc12. The van der Waals surface area contributed by atoms with Crippen LogP contribution in [0, 0.1) is 0 Å². The van der Waals surface area contributed by atoms with Crippen molar-refractivity contribution in [3.8, 4) is 0 Å². The molecule has 2 aromatic rings. The first-order valence-corrected chi connectivity index (χ1v) is 6.99. The number of pyridine rings is 1. The third kappa shape index (κ3) is 3.21. The molecule has 21 heavy (non-hydrogen) atoms. The molecule has 2 amide bonds. The zero-order valence-corrected chi connectivity index (χ0v) is 12.7. The van der Waals surface area contributed by atoms with Gasteiger partial charge in [0.05, 0.1) is 5.52 Å². The molecule has 0 fully saturated rings. The Morgan fingerprint density at radius 1 is 1.05 bits per heavy atom. The van der Waals surface area contributed by atoms with E-state index in [0.29, 0.717) is 5.52 Å². The Hall–Kier alpha value is -2.37. The Bertz CT molecular complexity index is 617. The normalized spacial score (nSPS) is 11.1. The van der Waals surface area contributed by atoms with Crippen LogP contribution >= 0.6 is 0 Å². The van der Waals surface area contributed by atoms with Crippen LogP contribution in [0.2, 0.25) is 0 Å². The number of imidazole rings is 1. The number of fused-ring (bicyclic) bond motifs is 1. The fraction of sp³-hybridized carbons (Fsp3) is 0.400. The zero-order chi connectivity index (χ0) is 15.6. The molecule has 6 heteroatoms. The number of rotatable bonds is 4. The van der Waals surface area contributed by atoms with Crippen LogP contribution in [-0.4, -0.2) is 33.3 Å². The topological polar surface area (TPSA) is 75.5 Å². The highest BCUT2D eigenvalue weighted by Crippen LogP contribution is 2.13. The van der Waals surface area contributed by atoms with Gasteiger partial charge < -0.3 is 10.6 Å². The van der Waals surface area contributed by atoms with E-state index in [-0.39, 0.29) is 35.4 Å². The summed E-state index contributed by atoms with van der Waals surface area (Å²) in [4.78, 5) is 28.6. The van der Waals surface area contributed by atoms with Crippen LogP contribution < -0.4 is 10.6 Å². The summed E-state index contributed by atoms with van der Waals surface area (Å²) in [5.74, 6) is -0.361. The van der Waals surface area contributed by atoms with Crippen molar-refractivity contribution in [2.75, 3.05) is 0 Å². The number of aromatic nitrogens is 2. The highest BCUT2D eigenvalue weighted by molar-refractivity contribution is 6.02. The summed E-state index contributed by atoms with van der Waals surface area (Å²) in [5, 5.41) is 5.59. The first-order chi connectivity index (χ1) is 9.90. The van der Waals surface area contributed by atoms with E-state index in [2.05, 4.69) is 15.6 Å². The number of hydrogen-bond acceptors (Lipinski definition) is 3. The second-order valence-corrected chi connectivity index (χ2v) is 5.50. The van der Waals surface area contributed by atoms with E-state index in [1.165, 1.54) is 0 Å². The van der Waals surface area contributed by atoms with Crippen LogP contribution in [0.15, 0.2) is 24.4 Å². The number of carbonyl (C=O) groups is 2. The number of nitrogens with one attached hydrogen (secondary N) is 2. The van der Waals surface area contributed by atoms with E-state index in [4.69, 9.17) is 0 Å². The fourth-order valence-corrected chi connectivity index (χ4v) is 2.02. The van der Waals surface area contributed by atoms with Crippen molar-refractivity contribution in [3.63, 3.8) is 0 Å². The summed E-state index contributed by atoms with van der Waals surface area (Å²) in [5.41, 5.74) is 0.878. The van der Waals surface area contributed by atoms with Gasteiger partial charge in [-0.05, 0) is 39.8 Å². The third-order valence-corrected chi connectivity index (χ3v) is 2.81. The Morgan fingerprint density at radius 2 is 1.67 bits per heavy atom. The molecule has 2 aromatic heterocycles. The molecule has 6 nitrogen and oxygen atoms in total. The van der Waals surface area contributed by atoms with Crippen LogP contribution in [0.1, 0.15) is 48.8 Å². The van der Waals surface area contributed by atoms with Crippen LogP contribution in [0.4, 0.5) is 0 Å². The van der Waals surface area contributed by atoms with Gasteiger partial charge in [-0.15, -0.1) is 0 Å². The summed E-state index contributed by atoms with van der Waals surface area (Å²) in [6.07, 6.45) is 1.73. The molecule has 0 aliphatic rings. The monoisotopic (exact) mass is 288 g/mol. The molecule has 0 spiro atoms. The van der Waals surface area contributed by atoms with Crippen molar-refractivity contribution in [2.24, 2.45) is 0 Å². The first-order valence-electron chi connectivity index (χ1n) is 6.99. The molecule has 112 valence electrons. The van der Waals surface area contributed by atoms with Gasteiger partial charge in [0.2, 0.25) is 5.82 Å². The largest absolute Gasteiger partial charge is 0.348 e. The zero-order valence-electron chi connectivity index (χ0n) is 12.7. The standard InChI is InChI=1S/C15H20N4O2/c1-9(2)16-14(20)12-11-7-5-6-8-19(11)13(18-12)15(21)17-10(3)4/h5-10H,1-4H3,(H,16,20)(H,17,21). The van der Waals surface area contributed by atoms with Gasteiger partial charge in [-0.25, -0.2) is 4.98 Å². The first kappa shape index (κ1) is 15.0. The van der Waals surface area contributed by atoms with Crippen LogP contribution in [0.5, 0.6) is 0 Å². The van der Waals surface area contributed by atoms with Crippen molar-refractivity contribution in [2.45, 2.75) is 39.8 Å². The molecular formula is C15H20N4O2. The Labute approximate surface area is 123 Å². The van der Waals surface area contributed by atoms with Crippen LogP contribution in [-0.2, 0) is 0 Å². The summed E-state index contributed by atoms with van der Waals surface area (Å²) in [6.45, 7) is 7.51. The minimum absolute atomic E-state index is 0.00139. The molecule has 0 atom stereocenters. The average molecular weight is 288 g/mol. The highest BCUT2D eigenvalue weighted by atomic mass is 16.2. The van der Waals surface area contributed by atoms with Gasteiger partial charge in [-0.1, -0.05) is 6.07 Å². The number of carbonyl (C=O) groups excluding carboxylic acids is 2. The van der Waals surface area contributed by atoms with Gasteiger partial charge in [0.15, 0.2) is 5.69 Å². The third-order valence-electron chi connectivity index (χ3n) is 2.81. The highest BCUT2D eigenvalue weighted by Gasteiger charge is 2.21. The van der Waals surface area contributed by atoms with E-state index in [9.17, 15) is 9.59 Å². The molecule has 0 unspecified atom stereocenters. The van der Waals surface area contributed by atoms with Crippen LogP contribution in [0.25, 0.3) is 5.52 Å². The van der Waals surface area contributed by atoms with E-state index in [1.54, 1.807) is 22.7 Å². The molecule has 2 rings (SSSR count). The lowest BCUT2D eigenvalue weighted by molar-refractivity contribution is 0.0932. The fourth-order valence-electron chi connectivity index (χ4n) is 2.02. The molecule has 0 saturated carbocycles. The lowest BCUT2D eigenvalue weighted by Gasteiger charge is -2.06. The predicted molar refractivity (Wildman–Crippen MR) is 80.4 cm³/mol. The van der Waals surface area contributed by atoms with Gasteiger partial charge in [0.1, 0.15) is 0 Å². The minimum atomic E-state index is -0.296. The van der Waals surface area contributed by atoms with E-state index in [1.807, 2.05) is 33.8 Å². The molecule has 0 saturated heterocycles. The maximum Gasteiger partial charge on any atom is 0.287 e. The summed E-state index contributed by atoms with van der Waals surface area (Å²) < 4.78 is 1.63. The molecular weight excluding hydrogens is 268 g/mol. The number of amides is 2. The Kier molecular flexibility index (Phi) is 4.26. The van der Waals surface area contributed by atoms with Crippen molar-refractivity contribution >= 4 is 17.3 Å². The maximum absolute atomic E-state index is 12.2. The molecule has 2 N–H and O–H groups in total. The van der Waals surface area contributed by atoms with Gasteiger partial charge in [-0.2, -0.15) is 0 Å².